The molecule has 0 radical (unpaired) electrons. The maximum Gasteiger partial charge on any atom is 0.273 e. The average Bonchev–Trinajstić information content (AvgIpc) is 2.97. The minimum atomic E-state index is -0.165. The quantitative estimate of drug-likeness (QED) is 0.921. The van der Waals surface area contributed by atoms with Crippen LogP contribution in [0.4, 0.5) is 0 Å². The fourth-order valence-corrected chi connectivity index (χ4v) is 2.62. The zero-order valence-electron chi connectivity index (χ0n) is 12.5. The van der Waals surface area contributed by atoms with Gasteiger partial charge in [-0.1, -0.05) is 11.3 Å². The number of carbonyl (C=O) groups is 1. The summed E-state index contributed by atoms with van der Waals surface area (Å²) in [5.74, 6) is 0.497. The van der Waals surface area contributed by atoms with Crippen molar-refractivity contribution in [3.63, 3.8) is 0 Å². The Hall–Kier alpha value is -2.44. The van der Waals surface area contributed by atoms with E-state index in [1.807, 2.05) is 18.2 Å². The molecule has 0 saturated heterocycles. The number of aryl methyl sites for hydroxylation is 1. The molecule has 1 saturated carbocycles. The number of hydrogen-bond donors (Lipinski definition) is 1. The van der Waals surface area contributed by atoms with Crippen LogP contribution in [0, 0.1) is 0 Å². The number of nitrogens with one attached hydrogen (secondary N) is 1. The van der Waals surface area contributed by atoms with Crippen molar-refractivity contribution in [1.82, 2.24) is 25.3 Å². The van der Waals surface area contributed by atoms with Crippen molar-refractivity contribution < 1.29 is 9.53 Å². The highest BCUT2D eigenvalue weighted by Gasteiger charge is 2.24. The van der Waals surface area contributed by atoms with E-state index in [0.717, 1.165) is 25.7 Å². The number of hydrogen-bond acceptors (Lipinski definition) is 5. The summed E-state index contributed by atoms with van der Waals surface area (Å²) >= 11 is 0. The lowest BCUT2D eigenvalue weighted by molar-refractivity contribution is 0.0885. The van der Waals surface area contributed by atoms with Crippen LogP contribution in [0.15, 0.2) is 30.6 Å². The average molecular weight is 301 g/mol. The van der Waals surface area contributed by atoms with Crippen molar-refractivity contribution in [3.8, 4) is 5.88 Å². The van der Waals surface area contributed by atoms with Gasteiger partial charge in [-0.3, -0.25) is 9.48 Å². The molecule has 116 valence electrons. The van der Waals surface area contributed by atoms with E-state index < -0.39 is 0 Å². The summed E-state index contributed by atoms with van der Waals surface area (Å²) < 4.78 is 7.37. The number of ether oxygens (including phenoxy) is 1. The fourth-order valence-electron chi connectivity index (χ4n) is 2.62. The first-order valence-electron chi connectivity index (χ1n) is 7.45. The fraction of sp³-hybridized carbons (Fsp3) is 0.467. The number of amides is 1. The molecule has 1 aliphatic rings. The molecule has 0 spiro atoms. The first-order chi connectivity index (χ1) is 10.7. The largest absolute Gasteiger partial charge is 0.474 e. The third-order valence-corrected chi connectivity index (χ3v) is 3.77. The molecule has 1 amide bonds. The van der Waals surface area contributed by atoms with Gasteiger partial charge in [-0.25, -0.2) is 4.98 Å². The van der Waals surface area contributed by atoms with Crippen LogP contribution < -0.4 is 10.1 Å². The summed E-state index contributed by atoms with van der Waals surface area (Å²) in [7, 11) is 1.74. The highest BCUT2D eigenvalue weighted by atomic mass is 16.5. The van der Waals surface area contributed by atoms with Gasteiger partial charge in [-0.05, 0) is 31.7 Å². The van der Waals surface area contributed by atoms with Crippen molar-refractivity contribution >= 4 is 5.91 Å². The first-order valence-corrected chi connectivity index (χ1v) is 7.45. The van der Waals surface area contributed by atoms with Gasteiger partial charge < -0.3 is 10.1 Å². The van der Waals surface area contributed by atoms with E-state index in [1.54, 1.807) is 19.4 Å². The second-order valence-corrected chi connectivity index (χ2v) is 5.51. The molecule has 0 unspecified atom stereocenters. The number of nitrogens with zero attached hydrogens (tertiary/aromatic N) is 4. The second-order valence-electron chi connectivity index (χ2n) is 5.51. The van der Waals surface area contributed by atoms with Gasteiger partial charge in [0.15, 0.2) is 5.69 Å². The molecule has 0 aromatic carbocycles. The molecular formula is C15H19N5O2. The molecule has 2 aromatic rings. The Labute approximate surface area is 128 Å². The maximum atomic E-state index is 12.0. The molecule has 22 heavy (non-hydrogen) atoms. The molecule has 0 bridgehead atoms. The van der Waals surface area contributed by atoms with Gasteiger partial charge in [-0.2, -0.15) is 0 Å². The van der Waals surface area contributed by atoms with Crippen LogP contribution in [0.25, 0.3) is 0 Å². The van der Waals surface area contributed by atoms with Crippen LogP contribution in [0.5, 0.6) is 5.88 Å². The molecule has 2 heterocycles. The van der Waals surface area contributed by atoms with Crippen molar-refractivity contribution in [1.29, 1.82) is 0 Å². The van der Waals surface area contributed by atoms with Gasteiger partial charge in [0, 0.05) is 25.4 Å². The molecular weight excluding hydrogens is 282 g/mol. The number of pyridine rings is 1. The molecule has 2 aromatic heterocycles. The number of aromatic nitrogens is 4. The van der Waals surface area contributed by atoms with E-state index in [9.17, 15) is 4.79 Å². The standard InChI is InChI=1S/C15H19N5O2/c1-20-10-13(18-19-20)15(21)17-11-5-7-12(8-6-11)22-14-4-2-3-9-16-14/h2-4,9-12H,5-8H2,1H3,(H,17,21). The van der Waals surface area contributed by atoms with Gasteiger partial charge in [0.1, 0.15) is 6.10 Å². The SMILES string of the molecule is Cn1cc(C(=O)NC2CCC(Oc3ccccn3)CC2)nn1. The number of rotatable bonds is 4. The highest BCUT2D eigenvalue weighted by molar-refractivity contribution is 5.92. The summed E-state index contributed by atoms with van der Waals surface area (Å²) in [6.07, 6.45) is 7.10. The molecule has 7 heteroatoms. The third kappa shape index (κ3) is 3.60. The Morgan fingerprint density at radius 1 is 1.32 bits per heavy atom. The smallest absolute Gasteiger partial charge is 0.273 e. The van der Waals surface area contributed by atoms with Crippen LogP contribution >= 0.6 is 0 Å². The van der Waals surface area contributed by atoms with Crippen molar-refractivity contribution in [2.45, 2.75) is 37.8 Å². The molecule has 7 nitrogen and oxygen atoms in total. The van der Waals surface area contributed by atoms with Crippen LogP contribution in [0.1, 0.15) is 36.2 Å². The van der Waals surface area contributed by atoms with Crippen LogP contribution in [0.3, 0.4) is 0 Å². The maximum absolute atomic E-state index is 12.0. The second kappa shape index (κ2) is 6.55. The van der Waals surface area contributed by atoms with Crippen LogP contribution in [-0.4, -0.2) is 38.0 Å². The van der Waals surface area contributed by atoms with Gasteiger partial charge in [0.25, 0.3) is 5.91 Å². The Morgan fingerprint density at radius 2 is 2.14 bits per heavy atom. The Kier molecular flexibility index (Phi) is 4.32. The summed E-state index contributed by atoms with van der Waals surface area (Å²) in [6.45, 7) is 0. The zero-order chi connectivity index (χ0) is 15.4. The van der Waals surface area contributed by atoms with E-state index in [4.69, 9.17) is 4.74 Å². The van der Waals surface area contributed by atoms with E-state index in [0.29, 0.717) is 11.6 Å². The predicted octanol–water partition coefficient (Wildman–Crippen LogP) is 1.33. The first kappa shape index (κ1) is 14.5. The molecule has 0 aliphatic heterocycles. The van der Waals surface area contributed by atoms with E-state index in [-0.39, 0.29) is 18.1 Å². The summed E-state index contributed by atoms with van der Waals surface area (Å²) in [6, 6.07) is 5.81. The molecule has 3 rings (SSSR count). The monoisotopic (exact) mass is 301 g/mol. The minimum Gasteiger partial charge on any atom is -0.474 e. The lowest BCUT2D eigenvalue weighted by Gasteiger charge is -2.28. The molecule has 1 N–H and O–H groups in total. The van der Waals surface area contributed by atoms with Crippen LogP contribution in [0.2, 0.25) is 0 Å². The van der Waals surface area contributed by atoms with E-state index >= 15 is 0 Å². The molecule has 1 fully saturated rings. The lowest BCUT2D eigenvalue weighted by Crippen LogP contribution is -2.39. The summed E-state index contributed by atoms with van der Waals surface area (Å²) in [5, 5.41) is 10.6. The van der Waals surface area contributed by atoms with E-state index in [1.165, 1.54) is 4.68 Å². The zero-order valence-corrected chi connectivity index (χ0v) is 12.5. The predicted molar refractivity (Wildman–Crippen MR) is 79.4 cm³/mol. The third-order valence-electron chi connectivity index (χ3n) is 3.77. The summed E-state index contributed by atoms with van der Waals surface area (Å²) in [4.78, 5) is 16.2. The molecule has 0 atom stereocenters. The Morgan fingerprint density at radius 3 is 2.77 bits per heavy atom. The Bertz CT molecular complexity index is 620. The molecule has 1 aliphatic carbocycles. The van der Waals surface area contributed by atoms with Gasteiger partial charge in [-0.15, -0.1) is 5.10 Å². The van der Waals surface area contributed by atoms with Crippen molar-refractivity contribution in [2.75, 3.05) is 0 Å². The topological polar surface area (TPSA) is 81.9 Å². The summed E-state index contributed by atoms with van der Waals surface area (Å²) in [5.41, 5.74) is 0.356. The van der Waals surface area contributed by atoms with Gasteiger partial charge in [0.05, 0.1) is 6.20 Å². The van der Waals surface area contributed by atoms with Gasteiger partial charge >= 0.3 is 0 Å². The van der Waals surface area contributed by atoms with Crippen molar-refractivity contribution in [3.05, 3.63) is 36.3 Å². The number of carbonyl (C=O) groups excluding carboxylic acids is 1. The lowest BCUT2D eigenvalue weighted by atomic mass is 9.93. The highest BCUT2D eigenvalue weighted by Crippen LogP contribution is 2.22. The van der Waals surface area contributed by atoms with E-state index in [2.05, 4.69) is 20.6 Å². The van der Waals surface area contributed by atoms with Gasteiger partial charge in [0.2, 0.25) is 5.88 Å². The minimum absolute atomic E-state index is 0.165. The van der Waals surface area contributed by atoms with Crippen LogP contribution in [-0.2, 0) is 7.05 Å². The Balaban J connectivity index is 1.46. The normalized spacial score (nSPS) is 21.3. The van der Waals surface area contributed by atoms with Crippen molar-refractivity contribution in [2.24, 2.45) is 7.05 Å².